The minimum Gasteiger partial charge on any atom is -0.493 e. The van der Waals surface area contributed by atoms with Crippen LogP contribution in [-0.4, -0.2) is 43.7 Å². The number of carboxylic acid groups (broad SMARTS) is 1. The molecular weight excluding hydrogens is 352 g/mol. The van der Waals surface area contributed by atoms with Crippen molar-refractivity contribution < 1.29 is 29.0 Å². The van der Waals surface area contributed by atoms with E-state index in [9.17, 15) is 19.5 Å². The molecule has 8 nitrogen and oxygen atoms in total. The van der Waals surface area contributed by atoms with Crippen LogP contribution in [0.4, 0.5) is 5.69 Å². The normalized spacial score (nSPS) is 13.9. The van der Waals surface area contributed by atoms with Gasteiger partial charge in [0.25, 0.3) is 0 Å². The molecule has 1 fully saturated rings. The lowest BCUT2D eigenvalue weighted by Gasteiger charge is -2.15. The summed E-state index contributed by atoms with van der Waals surface area (Å²) in [6.07, 6.45) is 6.07. The van der Waals surface area contributed by atoms with Crippen LogP contribution < -0.4 is 20.1 Å². The highest BCUT2D eigenvalue weighted by Crippen LogP contribution is 2.36. The monoisotopic (exact) mass is 378 g/mol. The van der Waals surface area contributed by atoms with Crippen LogP contribution in [0.1, 0.15) is 48.9 Å². The zero-order valence-electron chi connectivity index (χ0n) is 15.7. The number of hydrogen-bond acceptors (Lipinski definition) is 5. The summed E-state index contributed by atoms with van der Waals surface area (Å²) in [6.45, 7) is -0.202. The molecule has 1 aromatic rings. The number of carbonyl (C=O) groups excluding carboxylic acids is 2. The highest BCUT2D eigenvalue weighted by molar-refractivity contribution is 5.98. The molecule has 2 rings (SSSR count). The van der Waals surface area contributed by atoms with Crippen LogP contribution in [0.15, 0.2) is 12.1 Å². The van der Waals surface area contributed by atoms with Gasteiger partial charge in [-0.25, -0.2) is 4.79 Å². The van der Waals surface area contributed by atoms with E-state index >= 15 is 0 Å². The number of methoxy groups -OCH3 is 2. The molecule has 0 bridgehead atoms. The number of amides is 2. The second-order valence-electron chi connectivity index (χ2n) is 6.58. The van der Waals surface area contributed by atoms with Crippen LogP contribution in [0.2, 0.25) is 0 Å². The van der Waals surface area contributed by atoms with Gasteiger partial charge in [-0.3, -0.25) is 9.59 Å². The standard InChI is InChI=1S/C19H26N2O6/c1-26-15-10-13(19(24)25)9-14(18(15)27-2)21-17(23)11-20-16(22)8-7-12-5-3-4-6-12/h9-10,12H,3-8,11H2,1-2H3,(H,20,22)(H,21,23)(H,24,25). The molecule has 27 heavy (non-hydrogen) atoms. The van der Waals surface area contributed by atoms with Gasteiger partial charge in [0.2, 0.25) is 11.8 Å². The van der Waals surface area contributed by atoms with Crippen LogP contribution in [0.5, 0.6) is 11.5 Å². The molecular formula is C19H26N2O6. The maximum absolute atomic E-state index is 12.2. The Kier molecular flexibility index (Phi) is 7.45. The summed E-state index contributed by atoms with van der Waals surface area (Å²) < 4.78 is 10.3. The van der Waals surface area contributed by atoms with Crippen LogP contribution in [0.25, 0.3) is 0 Å². The highest BCUT2D eigenvalue weighted by atomic mass is 16.5. The van der Waals surface area contributed by atoms with Gasteiger partial charge in [0.15, 0.2) is 11.5 Å². The van der Waals surface area contributed by atoms with Crippen molar-refractivity contribution in [1.29, 1.82) is 0 Å². The summed E-state index contributed by atoms with van der Waals surface area (Å²) in [5, 5.41) is 14.3. The minimum atomic E-state index is -1.16. The molecule has 2 amide bonds. The zero-order chi connectivity index (χ0) is 19.8. The number of hydrogen-bond donors (Lipinski definition) is 3. The van der Waals surface area contributed by atoms with Crippen molar-refractivity contribution in [3.63, 3.8) is 0 Å². The molecule has 0 atom stereocenters. The quantitative estimate of drug-likeness (QED) is 0.608. The number of carbonyl (C=O) groups is 3. The summed E-state index contributed by atoms with van der Waals surface area (Å²) in [7, 11) is 2.76. The summed E-state index contributed by atoms with van der Waals surface area (Å²) in [5.74, 6) is -0.795. The van der Waals surface area contributed by atoms with Gasteiger partial charge < -0.3 is 25.2 Å². The number of carboxylic acids is 1. The van der Waals surface area contributed by atoms with E-state index in [0.29, 0.717) is 12.3 Å². The summed E-state index contributed by atoms with van der Waals surface area (Å²) >= 11 is 0. The van der Waals surface area contributed by atoms with Crippen molar-refractivity contribution >= 4 is 23.5 Å². The predicted molar refractivity (Wildman–Crippen MR) is 99.3 cm³/mol. The molecule has 0 aliphatic heterocycles. The third kappa shape index (κ3) is 5.87. The second kappa shape index (κ2) is 9.80. The lowest BCUT2D eigenvalue weighted by atomic mass is 10.0. The highest BCUT2D eigenvalue weighted by Gasteiger charge is 2.19. The molecule has 3 N–H and O–H groups in total. The Hall–Kier alpha value is -2.77. The molecule has 148 valence electrons. The van der Waals surface area contributed by atoms with E-state index in [-0.39, 0.29) is 35.2 Å². The fourth-order valence-electron chi connectivity index (χ4n) is 3.28. The molecule has 0 heterocycles. The van der Waals surface area contributed by atoms with Crippen LogP contribution >= 0.6 is 0 Å². The van der Waals surface area contributed by atoms with Gasteiger partial charge in [0, 0.05) is 6.42 Å². The van der Waals surface area contributed by atoms with E-state index < -0.39 is 11.9 Å². The average molecular weight is 378 g/mol. The summed E-state index contributed by atoms with van der Waals surface area (Å²) in [4.78, 5) is 35.3. The Morgan fingerprint density at radius 2 is 1.81 bits per heavy atom. The number of ether oxygens (including phenoxy) is 2. The fraction of sp³-hybridized carbons (Fsp3) is 0.526. The molecule has 1 aliphatic carbocycles. The molecule has 8 heteroatoms. The van der Waals surface area contributed by atoms with Crippen molar-refractivity contribution in [3.8, 4) is 11.5 Å². The van der Waals surface area contributed by atoms with E-state index in [1.54, 1.807) is 0 Å². The number of rotatable bonds is 9. The number of nitrogens with one attached hydrogen (secondary N) is 2. The lowest BCUT2D eigenvalue weighted by molar-refractivity contribution is -0.124. The Labute approximate surface area is 158 Å². The second-order valence-corrected chi connectivity index (χ2v) is 6.58. The van der Waals surface area contributed by atoms with Gasteiger partial charge in [-0.2, -0.15) is 0 Å². The molecule has 1 aromatic carbocycles. The number of benzene rings is 1. The van der Waals surface area contributed by atoms with Crippen LogP contribution in [-0.2, 0) is 9.59 Å². The van der Waals surface area contributed by atoms with E-state index in [1.807, 2.05) is 0 Å². The van der Waals surface area contributed by atoms with Gasteiger partial charge >= 0.3 is 5.97 Å². The first-order valence-electron chi connectivity index (χ1n) is 9.00. The lowest BCUT2D eigenvalue weighted by Crippen LogP contribution is -2.33. The van der Waals surface area contributed by atoms with E-state index in [0.717, 1.165) is 6.42 Å². The van der Waals surface area contributed by atoms with E-state index in [4.69, 9.17) is 9.47 Å². The first-order valence-corrected chi connectivity index (χ1v) is 9.00. The van der Waals surface area contributed by atoms with Crippen LogP contribution in [0, 0.1) is 5.92 Å². The number of anilines is 1. The van der Waals surface area contributed by atoms with Crippen molar-refractivity contribution in [1.82, 2.24) is 5.32 Å². The predicted octanol–water partition coefficient (Wildman–Crippen LogP) is 2.43. The van der Waals surface area contributed by atoms with Gasteiger partial charge in [0.05, 0.1) is 32.0 Å². The third-order valence-corrected chi connectivity index (χ3v) is 4.70. The molecule has 0 saturated heterocycles. The Morgan fingerprint density at radius 3 is 2.41 bits per heavy atom. The van der Waals surface area contributed by atoms with Crippen molar-refractivity contribution in [2.45, 2.75) is 38.5 Å². The topological polar surface area (TPSA) is 114 Å². The maximum Gasteiger partial charge on any atom is 0.335 e. The SMILES string of the molecule is COc1cc(C(=O)O)cc(NC(=O)CNC(=O)CCC2CCCC2)c1OC. The summed E-state index contributed by atoms with van der Waals surface area (Å²) in [5.41, 5.74) is 0.114. The third-order valence-electron chi connectivity index (χ3n) is 4.70. The van der Waals surface area contributed by atoms with Crippen molar-refractivity contribution in [3.05, 3.63) is 17.7 Å². The molecule has 1 aliphatic rings. The fourth-order valence-corrected chi connectivity index (χ4v) is 3.28. The van der Waals surface area contributed by atoms with E-state index in [2.05, 4.69) is 10.6 Å². The van der Waals surface area contributed by atoms with Gasteiger partial charge in [-0.1, -0.05) is 25.7 Å². The Balaban J connectivity index is 1.92. The molecule has 0 aromatic heterocycles. The van der Waals surface area contributed by atoms with Gasteiger partial charge in [-0.15, -0.1) is 0 Å². The molecule has 0 unspecified atom stereocenters. The first kappa shape index (κ1) is 20.5. The number of aromatic carboxylic acids is 1. The van der Waals surface area contributed by atoms with Crippen molar-refractivity contribution in [2.24, 2.45) is 5.92 Å². The molecule has 0 spiro atoms. The smallest absolute Gasteiger partial charge is 0.335 e. The first-order chi connectivity index (χ1) is 12.9. The van der Waals surface area contributed by atoms with Gasteiger partial charge in [0.1, 0.15) is 0 Å². The molecule has 1 saturated carbocycles. The Morgan fingerprint density at radius 1 is 1.11 bits per heavy atom. The van der Waals surface area contributed by atoms with Crippen molar-refractivity contribution in [2.75, 3.05) is 26.1 Å². The zero-order valence-corrected chi connectivity index (χ0v) is 15.7. The molecule has 0 radical (unpaired) electrons. The van der Waals surface area contributed by atoms with Gasteiger partial charge in [-0.05, 0) is 24.5 Å². The summed E-state index contributed by atoms with van der Waals surface area (Å²) in [6, 6.07) is 2.59. The van der Waals surface area contributed by atoms with Crippen LogP contribution in [0.3, 0.4) is 0 Å². The van der Waals surface area contributed by atoms with E-state index in [1.165, 1.54) is 52.0 Å². The Bertz CT molecular complexity index is 698. The largest absolute Gasteiger partial charge is 0.493 e. The minimum absolute atomic E-state index is 0.0523. The average Bonchev–Trinajstić information content (AvgIpc) is 3.17. The maximum atomic E-state index is 12.2.